The Balaban J connectivity index is 1.18. The average Bonchev–Trinajstić information content (AvgIpc) is 3.24. The number of carbonyl (C=O) groups is 2. The highest BCUT2D eigenvalue weighted by Gasteiger charge is 2.59. The molecule has 5 aliphatic rings. The number of nitrogens with zero attached hydrogens (tertiary/aromatic N) is 3. The SMILES string of the molecule is CNC(=O)[C@]12CC3CC(C1)C(OC(=O)N1CC[C@@H](Nc4ccc(C#N)cn4)C1)[C@@H](C3)C2. The van der Waals surface area contributed by atoms with Crippen molar-refractivity contribution in [2.75, 3.05) is 25.5 Å². The highest BCUT2D eigenvalue weighted by Crippen LogP contribution is 2.60. The maximum absolute atomic E-state index is 12.9. The molecule has 5 fully saturated rings. The standard InChI is InChI=1S/C23H29N5O3/c1-25-21(29)23-8-15-6-16(9-23)20(17(7-15)10-23)31-22(30)28-5-4-18(13-28)27-19-3-2-14(11-24)12-26-19/h2-3,12,15-18,20H,4-10,13H2,1H3,(H,25,29)(H,26,27)/t15?,16-,17?,18+,20?,23-/m0/s1. The van der Waals surface area contributed by atoms with Crippen molar-refractivity contribution in [3.63, 3.8) is 0 Å². The van der Waals surface area contributed by atoms with Gasteiger partial charge < -0.3 is 20.3 Å². The molecule has 6 rings (SSSR count). The van der Waals surface area contributed by atoms with E-state index in [4.69, 9.17) is 10.00 Å². The molecule has 2 heterocycles. The molecule has 8 nitrogen and oxygen atoms in total. The van der Waals surface area contributed by atoms with E-state index in [-0.39, 0.29) is 29.6 Å². The van der Waals surface area contributed by atoms with Crippen LogP contribution < -0.4 is 10.6 Å². The fourth-order valence-electron chi connectivity index (χ4n) is 6.70. The Hall–Kier alpha value is -2.82. The number of hydrogen-bond donors (Lipinski definition) is 2. The van der Waals surface area contributed by atoms with Gasteiger partial charge in [-0.05, 0) is 68.4 Å². The van der Waals surface area contributed by atoms with E-state index in [0.717, 1.165) is 38.5 Å². The summed E-state index contributed by atoms with van der Waals surface area (Å²) in [4.78, 5) is 31.5. The van der Waals surface area contributed by atoms with Crippen LogP contribution in [0.2, 0.25) is 0 Å². The van der Waals surface area contributed by atoms with E-state index in [1.54, 1.807) is 30.3 Å². The summed E-state index contributed by atoms with van der Waals surface area (Å²) < 4.78 is 6.07. The summed E-state index contributed by atoms with van der Waals surface area (Å²) in [5, 5.41) is 15.1. The molecular weight excluding hydrogens is 394 g/mol. The van der Waals surface area contributed by atoms with E-state index in [0.29, 0.717) is 42.2 Å². The number of aromatic nitrogens is 1. The molecule has 6 atom stereocenters. The van der Waals surface area contributed by atoms with Crippen molar-refractivity contribution < 1.29 is 14.3 Å². The molecular formula is C23H29N5O3. The summed E-state index contributed by atoms with van der Waals surface area (Å²) >= 11 is 0. The maximum Gasteiger partial charge on any atom is 0.410 e. The van der Waals surface area contributed by atoms with Crippen LogP contribution in [0, 0.1) is 34.5 Å². The van der Waals surface area contributed by atoms with Gasteiger partial charge >= 0.3 is 6.09 Å². The molecule has 31 heavy (non-hydrogen) atoms. The third-order valence-electron chi connectivity index (χ3n) is 7.82. The quantitative estimate of drug-likeness (QED) is 0.771. The smallest absolute Gasteiger partial charge is 0.410 e. The predicted octanol–water partition coefficient (Wildman–Crippen LogP) is 2.52. The Labute approximate surface area is 182 Å². The van der Waals surface area contributed by atoms with Gasteiger partial charge in [0.05, 0.1) is 11.0 Å². The molecule has 0 spiro atoms. The van der Waals surface area contributed by atoms with Gasteiger partial charge in [-0.1, -0.05) is 0 Å². The number of carbonyl (C=O) groups excluding carboxylic acids is 2. The summed E-state index contributed by atoms with van der Waals surface area (Å²) in [7, 11) is 1.73. The second-order valence-corrected chi connectivity index (χ2v) is 9.80. The van der Waals surface area contributed by atoms with Gasteiger partial charge in [-0.3, -0.25) is 4.79 Å². The van der Waals surface area contributed by atoms with Gasteiger partial charge in [0.1, 0.15) is 18.0 Å². The van der Waals surface area contributed by atoms with Gasteiger partial charge in [0.15, 0.2) is 0 Å². The van der Waals surface area contributed by atoms with Crippen LogP contribution >= 0.6 is 0 Å². The highest BCUT2D eigenvalue weighted by atomic mass is 16.6. The Kier molecular flexibility index (Phi) is 4.99. The minimum Gasteiger partial charge on any atom is -0.446 e. The fraction of sp³-hybridized carbons (Fsp3) is 0.652. The lowest BCUT2D eigenvalue weighted by Crippen LogP contribution is -2.59. The zero-order chi connectivity index (χ0) is 21.6. The van der Waals surface area contributed by atoms with Gasteiger partial charge in [-0.15, -0.1) is 0 Å². The Morgan fingerprint density at radius 1 is 1.26 bits per heavy atom. The number of hydrogen-bond acceptors (Lipinski definition) is 6. The lowest BCUT2D eigenvalue weighted by molar-refractivity contribution is -0.164. The normalized spacial score (nSPS) is 35.5. The molecule has 3 unspecified atom stereocenters. The highest BCUT2D eigenvalue weighted by molar-refractivity contribution is 5.83. The summed E-state index contributed by atoms with van der Waals surface area (Å²) in [6, 6.07) is 5.69. The van der Waals surface area contributed by atoms with Crippen LogP contribution in [0.3, 0.4) is 0 Å². The zero-order valence-electron chi connectivity index (χ0n) is 17.8. The molecule has 0 radical (unpaired) electrons. The van der Waals surface area contributed by atoms with Crippen molar-refractivity contribution in [2.24, 2.45) is 23.2 Å². The lowest BCUT2D eigenvalue weighted by atomic mass is 9.48. The number of likely N-dealkylation sites (tertiary alicyclic amines) is 1. The minimum absolute atomic E-state index is 0.0611. The summed E-state index contributed by atoms with van der Waals surface area (Å²) in [5.74, 6) is 2.06. The molecule has 1 aromatic heterocycles. The molecule has 2 N–H and O–H groups in total. The number of nitrogens with one attached hydrogen (secondary N) is 2. The van der Waals surface area contributed by atoms with Gasteiger partial charge in [0.25, 0.3) is 0 Å². The first-order valence-electron chi connectivity index (χ1n) is 11.3. The third kappa shape index (κ3) is 3.60. The molecule has 8 heteroatoms. The van der Waals surface area contributed by atoms with Crippen molar-refractivity contribution >= 4 is 17.8 Å². The van der Waals surface area contributed by atoms with E-state index >= 15 is 0 Å². The maximum atomic E-state index is 12.9. The first-order valence-corrected chi connectivity index (χ1v) is 11.3. The van der Waals surface area contributed by atoms with Crippen LogP contribution in [0.4, 0.5) is 10.6 Å². The van der Waals surface area contributed by atoms with Crippen LogP contribution in [0.25, 0.3) is 0 Å². The van der Waals surface area contributed by atoms with Crippen LogP contribution in [0.5, 0.6) is 0 Å². The van der Waals surface area contributed by atoms with E-state index in [2.05, 4.69) is 21.7 Å². The Morgan fingerprint density at radius 3 is 2.68 bits per heavy atom. The van der Waals surface area contributed by atoms with E-state index in [9.17, 15) is 9.59 Å². The number of rotatable bonds is 4. The molecule has 1 aromatic rings. The van der Waals surface area contributed by atoms with E-state index in [1.165, 1.54) is 0 Å². The Morgan fingerprint density at radius 2 is 2.03 bits per heavy atom. The molecule has 4 bridgehead atoms. The van der Waals surface area contributed by atoms with Crippen LogP contribution in [0.1, 0.15) is 44.1 Å². The molecule has 164 valence electrons. The van der Waals surface area contributed by atoms with Crippen LogP contribution in [-0.2, 0) is 9.53 Å². The van der Waals surface area contributed by atoms with Crippen LogP contribution in [-0.4, -0.2) is 54.2 Å². The summed E-state index contributed by atoms with van der Waals surface area (Å²) in [6.07, 6.45) is 6.89. The monoisotopic (exact) mass is 423 g/mol. The largest absolute Gasteiger partial charge is 0.446 e. The topological polar surface area (TPSA) is 107 Å². The molecule has 0 aromatic carbocycles. The molecule has 2 amide bonds. The van der Waals surface area contributed by atoms with Gasteiger partial charge in [-0.25, -0.2) is 9.78 Å². The number of amides is 2. The van der Waals surface area contributed by atoms with Crippen molar-refractivity contribution in [3.8, 4) is 6.07 Å². The molecule has 1 saturated heterocycles. The third-order valence-corrected chi connectivity index (χ3v) is 7.82. The molecule has 1 aliphatic heterocycles. The summed E-state index contributed by atoms with van der Waals surface area (Å²) in [5.41, 5.74) is 0.279. The zero-order valence-corrected chi connectivity index (χ0v) is 17.8. The van der Waals surface area contributed by atoms with Crippen molar-refractivity contribution in [1.82, 2.24) is 15.2 Å². The lowest BCUT2D eigenvalue weighted by Gasteiger charge is -2.58. The second-order valence-electron chi connectivity index (χ2n) is 9.80. The predicted molar refractivity (Wildman–Crippen MR) is 113 cm³/mol. The first-order chi connectivity index (χ1) is 15.0. The van der Waals surface area contributed by atoms with Gasteiger partial charge in [-0.2, -0.15) is 5.26 Å². The van der Waals surface area contributed by atoms with Crippen molar-refractivity contribution in [2.45, 2.75) is 50.7 Å². The van der Waals surface area contributed by atoms with Gasteiger partial charge in [0, 0.05) is 32.4 Å². The van der Waals surface area contributed by atoms with E-state index < -0.39 is 0 Å². The number of nitriles is 1. The van der Waals surface area contributed by atoms with Crippen molar-refractivity contribution in [1.29, 1.82) is 5.26 Å². The molecule has 4 saturated carbocycles. The van der Waals surface area contributed by atoms with Gasteiger partial charge in [0.2, 0.25) is 5.91 Å². The Bertz CT molecular complexity index is 895. The van der Waals surface area contributed by atoms with Crippen molar-refractivity contribution in [3.05, 3.63) is 23.9 Å². The van der Waals surface area contributed by atoms with E-state index in [1.807, 2.05) is 0 Å². The first kappa shape index (κ1) is 20.1. The fourth-order valence-corrected chi connectivity index (χ4v) is 6.70. The minimum atomic E-state index is -0.245. The number of anilines is 1. The van der Waals surface area contributed by atoms with Crippen LogP contribution in [0.15, 0.2) is 18.3 Å². The summed E-state index contributed by atoms with van der Waals surface area (Å²) in [6.45, 7) is 1.23. The molecule has 4 aliphatic carbocycles. The average molecular weight is 424 g/mol. The number of pyridine rings is 1. The number of ether oxygens (including phenoxy) is 1. The second kappa shape index (κ2) is 7.70.